The molecular weight excluding hydrogens is 264 g/mol. The van der Waals surface area contributed by atoms with Crippen molar-refractivity contribution in [3.8, 4) is 5.88 Å². The van der Waals surface area contributed by atoms with Gasteiger partial charge in [0.25, 0.3) is 0 Å². The maximum absolute atomic E-state index is 5.98. The van der Waals surface area contributed by atoms with Crippen LogP contribution in [-0.4, -0.2) is 48.7 Å². The predicted molar refractivity (Wildman–Crippen MR) is 85.8 cm³/mol. The van der Waals surface area contributed by atoms with Crippen LogP contribution in [0.25, 0.3) is 0 Å². The summed E-state index contributed by atoms with van der Waals surface area (Å²) in [6.07, 6.45) is 2.64. The largest absolute Gasteiger partial charge is 0.476 e. The van der Waals surface area contributed by atoms with E-state index in [4.69, 9.17) is 10.5 Å². The number of nitrogens with zero attached hydrogens (tertiary/aromatic N) is 3. The zero-order valence-corrected chi connectivity index (χ0v) is 13.1. The van der Waals surface area contributed by atoms with Gasteiger partial charge in [0.05, 0.1) is 12.3 Å². The molecule has 0 amide bonds. The molecule has 0 aromatic carbocycles. The van der Waals surface area contributed by atoms with Crippen LogP contribution in [-0.2, 0) is 0 Å². The number of aromatic nitrogens is 1. The third-order valence-electron chi connectivity index (χ3n) is 4.34. The van der Waals surface area contributed by atoms with Crippen molar-refractivity contribution < 1.29 is 4.74 Å². The van der Waals surface area contributed by atoms with Crippen molar-refractivity contribution in [1.82, 2.24) is 9.88 Å². The molecule has 116 valence electrons. The van der Waals surface area contributed by atoms with Gasteiger partial charge < -0.3 is 15.4 Å². The van der Waals surface area contributed by atoms with Gasteiger partial charge in [0.1, 0.15) is 5.82 Å². The standard InChI is InChI=1S/C16H26N4O/c1-12(2)11-21-16-14(17)5-6-15(18-16)20-9-8-19-7-3-4-13(19)10-20/h5-6,12-13H,3-4,7-11,17H2,1-2H3. The zero-order valence-electron chi connectivity index (χ0n) is 13.1. The molecule has 2 N–H and O–H groups in total. The highest BCUT2D eigenvalue weighted by Crippen LogP contribution is 2.28. The van der Waals surface area contributed by atoms with Gasteiger partial charge in [0, 0.05) is 25.7 Å². The lowest BCUT2D eigenvalue weighted by molar-refractivity contribution is 0.229. The molecule has 0 bridgehead atoms. The van der Waals surface area contributed by atoms with E-state index in [0.29, 0.717) is 30.1 Å². The van der Waals surface area contributed by atoms with Crippen molar-refractivity contribution in [3.63, 3.8) is 0 Å². The Balaban J connectivity index is 1.71. The highest BCUT2D eigenvalue weighted by molar-refractivity contribution is 5.54. The van der Waals surface area contributed by atoms with E-state index in [-0.39, 0.29) is 0 Å². The average molecular weight is 290 g/mol. The predicted octanol–water partition coefficient (Wildman–Crippen LogP) is 1.98. The van der Waals surface area contributed by atoms with Gasteiger partial charge in [-0.25, -0.2) is 0 Å². The molecule has 5 heteroatoms. The van der Waals surface area contributed by atoms with Crippen LogP contribution in [0.15, 0.2) is 12.1 Å². The van der Waals surface area contributed by atoms with E-state index in [1.54, 1.807) is 0 Å². The van der Waals surface area contributed by atoms with Crippen LogP contribution in [0.3, 0.4) is 0 Å². The van der Waals surface area contributed by atoms with Crippen molar-refractivity contribution in [3.05, 3.63) is 12.1 Å². The molecule has 2 saturated heterocycles. The molecule has 2 aliphatic heterocycles. The molecule has 1 aromatic heterocycles. The SMILES string of the molecule is CC(C)COc1nc(N2CCN3CCCC3C2)ccc1N. The number of hydrogen-bond acceptors (Lipinski definition) is 5. The third kappa shape index (κ3) is 3.23. The first kappa shape index (κ1) is 14.4. The fourth-order valence-corrected chi connectivity index (χ4v) is 3.18. The summed E-state index contributed by atoms with van der Waals surface area (Å²) in [4.78, 5) is 9.61. The van der Waals surface area contributed by atoms with Gasteiger partial charge in [-0.3, -0.25) is 4.90 Å². The second kappa shape index (κ2) is 6.10. The average Bonchev–Trinajstić information content (AvgIpc) is 2.93. The summed E-state index contributed by atoms with van der Waals surface area (Å²) < 4.78 is 5.74. The Morgan fingerprint density at radius 2 is 2.19 bits per heavy atom. The maximum Gasteiger partial charge on any atom is 0.239 e. The van der Waals surface area contributed by atoms with Gasteiger partial charge >= 0.3 is 0 Å². The number of nitrogen functional groups attached to an aromatic ring is 1. The molecule has 3 heterocycles. The van der Waals surface area contributed by atoms with Crippen LogP contribution in [0.5, 0.6) is 5.88 Å². The second-order valence-corrected chi connectivity index (χ2v) is 6.55. The first-order valence-corrected chi connectivity index (χ1v) is 8.02. The molecular formula is C16H26N4O. The molecule has 0 radical (unpaired) electrons. The highest BCUT2D eigenvalue weighted by atomic mass is 16.5. The lowest BCUT2D eigenvalue weighted by Crippen LogP contribution is -2.50. The molecule has 0 spiro atoms. The highest BCUT2D eigenvalue weighted by Gasteiger charge is 2.31. The molecule has 1 aromatic rings. The molecule has 5 nitrogen and oxygen atoms in total. The van der Waals surface area contributed by atoms with Crippen LogP contribution in [0, 0.1) is 5.92 Å². The molecule has 3 rings (SSSR count). The number of hydrogen-bond donors (Lipinski definition) is 1. The number of pyridine rings is 1. The summed E-state index contributed by atoms with van der Waals surface area (Å²) in [6, 6.07) is 4.62. The van der Waals surface area contributed by atoms with E-state index in [9.17, 15) is 0 Å². The van der Waals surface area contributed by atoms with Crippen LogP contribution in [0.2, 0.25) is 0 Å². The maximum atomic E-state index is 5.98. The van der Waals surface area contributed by atoms with E-state index in [1.165, 1.54) is 19.4 Å². The Bertz CT molecular complexity index is 491. The van der Waals surface area contributed by atoms with E-state index in [0.717, 1.165) is 25.5 Å². The summed E-state index contributed by atoms with van der Waals surface area (Å²) in [5, 5.41) is 0. The molecule has 1 unspecified atom stereocenters. The van der Waals surface area contributed by atoms with Crippen molar-refractivity contribution in [1.29, 1.82) is 0 Å². The van der Waals surface area contributed by atoms with Gasteiger partial charge in [0.15, 0.2) is 0 Å². The lowest BCUT2D eigenvalue weighted by Gasteiger charge is -2.38. The topological polar surface area (TPSA) is 54.6 Å². The molecule has 1 atom stereocenters. The van der Waals surface area contributed by atoms with Gasteiger partial charge in [-0.1, -0.05) is 13.8 Å². The number of rotatable bonds is 4. The molecule has 2 aliphatic rings. The minimum absolute atomic E-state index is 0.469. The van der Waals surface area contributed by atoms with Gasteiger partial charge in [-0.2, -0.15) is 4.98 Å². The summed E-state index contributed by atoms with van der Waals surface area (Å²) in [6.45, 7) is 9.41. The number of fused-ring (bicyclic) bond motifs is 1. The first-order valence-electron chi connectivity index (χ1n) is 8.02. The Morgan fingerprint density at radius 1 is 1.33 bits per heavy atom. The summed E-state index contributed by atoms with van der Waals surface area (Å²) in [5.41, 5.74) is 6.60. The normalized spacial score (nSPS) is 22.6. The number of ether oxygens (including phenoxy) is 1. The second-order valence-electron chi connectivity index (χ2n) is 6.55. The lowest BCUT2D eigenvalue weighted by atomic mass is 10.1. The summed E-state index contributed by atoms with van der Waals surface area (Å²) in [7, 11) is 0. The monoisotopic (exact) mass is 290 g/mol. The number of anilines is 2. The van der Waals surface area contributed by atoms with E-state index < -0.39 is 0 Å². The Kier molecular flexibility index (Phi) is 4.19. The zero-order chi connectivity index (χ0) is 14.8. The van der Waals surface area contributed by atoms with Crippen LogP contribution < -0.4 is 15.4 Å². The van der Waals surface area contributed by atoms with Crippen molar-refractivity contribution >= 4 is 11.5 Å². The summed E-state index contributed by atoms with van der Waals surface area (Å²) in [5.74, 6) is 2.04. The molecule has 0 saturated carbocycles. The molecule has 0 aliphatic carbocycles. The number of piperazine rings is 1. The Hall–Kier alpha value is -1.49. The fraction of sp³-hybridized carbons (Fsp3) is 0.688. The van der Waals surface area contributed by atoms with Gasteiger partial charge in [0.2, 0.25) is 5.88 Å². The van der Waals surface area contributed by atoms with Crippen LogP contribution in [0.4, 0.5) is 11.5 Å². The first-order chi connectivity index (χ1) is 10.1. The minimum atomic E-state index is 0.469. The molecule has 2 fully saturated rings. The van der Waals surface area contributed by atoms with Crippen LogP contribution >= 0.6 is 0 Å². The Labute approximate surface area is 127 Å². The van der Waals surface area contributed by atoms with E-state index in [2.05, 4.69) is 28.6 Å². The quantitative estimate of drug-likeness (QED) is 0.919. The van der Waals surface area contributed by atoms with Crippen LogP contribution in [0.1, 0.15) is 26.7 Å². The van der Waals surface area contributed by atoms with E-state index in [1.807, 2.05) is 12.1 Å². The van der Waals surface area contributed by atoms with Crippen molar-refractivity contribution in [2.45, 2.75) is 32.7 Å². The van der Waals surface area contributed by atoms with Crippen molar-refractivity contribution in [2.75, 3.05) is 43.4 Å². The van der Waals surface area contributed by atoms with Gasteiger partial charge in [-0.05, 0) is 37.4 Å². The van der Waals surface area contributed by atoms with E-state index >= 15 is 0 Å². The Morgan fingerprint density at radius 3 is 3.00 bits per heavy atom. The smallest absolute Gasteiger partial charge is 0.239 e. The van der Waals surface area contributed by atoms with Crippen molar-refractivity contribution in [2.24, 2.45) is 5.92 Å². The summed E-state index contributed by atoms with van der Waals surface area (Å²) >= 11 is 0. The third-order valence-corrected chi connectivity index (χ3v) is 4.34. The fourth-order valence-electron chi connectivity index (χ4n) is 3.18. The minimum Gasteiger partial charge on any atom is -0.476 e. The number of nitrogens with two attached hydrogens (primary N) is 1. The molecule has 21 heavy (non-hydrogen) atoms. The van der Waals surface area contributed by atoms with Gasteiger partial charge in [-0.15, -0.1) is 0 Å².